The van der Waals surface area contributed by atoms with Crippen molar-refractivity contribution in [1.29, 1.82) is 0 Å². The SMILES string of the molecule is O=C(O)c1cc(-c2cc3c(cc2O)OCCCO3)no1. The van der Waals surface area contributed by atoms with Gasteiger partial charge < -0.3 is 24.2 Å². The van der Waals surface area contributed by atoms with Crippen LogP contribution in [0.1, 0.15) is 17.0 Å². The van der Waals surface area contributed by atoms with Gasteiger partial charge in [0.05, 0.1) is 13.2 Å². The van der Waals surface area contributed by atoms with Gasteiger partial charge in [0, 0.05) is 24.1 Å². The summed E-state index contributed by atoms with van der Waals surface area (Å²) < 4.78 is 15.6. The summed E-state index contributed by atoms with van der Waals surface area (Å²) in [6.45, 7) is 1.02. The van der Waals surface area contributed by atoms with Gasteiger partial charge >= 0.3 is 5.97 Å². The standard InChI is InChI=1S/C13H11NO6/c15-9-6-11-10(18-2-1-3-19-11)4-7(9)8-5-12(13(16)17)20-14-8/h4-6,15H,1-3H2,(H,16,17). The maximum absolute atomic E-state index is 10.8. The van der Waals surface area contributed by atoms with Crippen molar-refractivity contribution in [3.63, 3.8) is 0 Å². The van der Waals surface area contributed by atoms with E-state index in [1.165, 1.54) is 12.1 Å². The lowest BCUT2D eigenvalue weighted by atomic mass is 10.1. The Morgan fingerprint density at radius 1 is 1.15 bits per heavy atom. The minimum Gasteiger partial charge on any atom is -0.507 e. The molecule has 20 heavy (non-hydrogen) atoms. The Balaban J connectivity index is 2.04. The first-order valence-corrected chi connectivity index (χ1v) is 5.98. The van der Waals surface area contributed by atoms with E-state index in [9.17, 15) is 9.90 Å². The van der Waals surface area contributed by atoms with Crippen LogP contribution in [0.5, 0.6) is 17.2 Å². The van der Waals surface area contributed by atoms with Crippen molar-refractivity contribution in [3.8, 4) is 28.5 Å². The molecule has 0 unspecified atom stereocenters. The summed E-state index contributed by atoms with van der Waals surface area (Å²) in [5.74, 6) is -0.676. The summed E-state index contributed by atoms with van der Waals surface area (Å²) >= 11 is 0. The largest absolute Gasteiger partial charge is 0.507 e. The Kier molecular flexibility index (Phi) is 2.94. The van der Waals surface area contributed by atoms with Gasteiger partial charge in [0.1, 0.15) is 11.4 Å². The molecular formula is C13H11NO6. The number of phenolic OH excluding ortho intramolecular Hbond substituents is 1. The molecule has 104 valence electrons. The van der Waals surface area contributed by atoms with Crippen LogP contribution in [0, 0.1) is 0 Å². The molecule has 0 fully saturated rings. The Morgan fingerprint density at radius 3 is 2.50 bits per heavy atom. The fourth-order valence-electron chi connectivity index (χ4n) is 1.91. The third-order valence-corrected chi connectivity index (χ3v) is 2.86. The lowest BCUT2D eigenvalue weighted by Crippen LogP contribution is -1.97. The van der Waals surface area contributed by atoms with Crippen molar-refractivity contribution in [1.82, 2.24) is 5.16 Å². The number of aromatic hydroxyl groups is 1. The molecule has 0 saturated carbocycles. The van der Waals surface area contributed by atoms with Gasteiger partial charge in [0.2, 0.25) is 5.76 Å². The van der Waals surface area contributed by atoms with E-state index in [1.54, 1.807) is 6.07 Å². The molecule has 0 aliphatic carbocycles. The van der Waals surface area contributed by atoms with Gasteiger partial charge in [-0.2, -0.15) is 0 Å². The van der Waals surface area contributed by atoms with E-state index in [1.807, 2.05) is 0 Å². The van der Waals surface area contributed by atoms with Crippen LogP contribution in [0.2, 0.25) is 0 Å². The number of benzene rings is 1. The zero-order valence-corrected chi connectivity index (χ0v) is 10.3. The van der Waals surface area contributed by atoms with Crippen molar-refractivity contribution in [3.05, 3.63) is 24.0 Å². The fraction of sp³-hybridized carbons (Fsp3) is 0.231. The van der Waals surface area contributed by atoms with E-state index in [0.29, 0.717) is 30.3 Å². The zero-order chi connectivity index (χ0) is 14.1. The lowest BCUT2D eigenvalue weighted by molar-refractivity contribution is 0.0652. The van der Waals surface area contributed by atoms with E-state index >= 15 is 0 Å². The molecule has 1 aliphatic heterocycles. The van der Waals surface area contributed by atoms with Crippen LogP contribution in [-0.2, 0) is 0 Å². The van der Waals surface area contributed by atoms with Gasteiger partial charge in [0.15, 0.2) is 11.5 Å². The number of nitrogens with zero attached hydrogens (tertiary/aromatic N) is 1. The second-order valence-corrected chi connectivity index (χ2v) is 4.25. The third kappa shape index (κ3) is 2.13. The molecule has 7 nitrogen and oxygen atoms in total. The van der Waals surface area contributed by atoms with Gasteiger partial charge in [-0.3, -0.25) is 0 Å². The van der Waals surface area contributed by atoms with E-state index in [-0.39, 0.29) is 17.2 Å². The first-order valence-electron chi connectivity index (χ1n) is 5.98. The third-order valence-electron chi connectivity index (χ3n) is 2.86. The minimum absolute atomic E-state index is 0.0838. The summed E-state index contributed by atoms with van der Waals surface area (Å²) in [5, 5.41) is 22.4. The second kappa shape index (κ2) is 4.76. The molecule has 2 heterocycles. The quantitative estimate of drug-likeness (QED) is 0.864. The van der Waals surface area contributed by atoms with Crippen LogP contribution in [0.25, 0.3) is 11.3 Å². The van der Waals surface area contributed by atoms with Crippen molar-refractivity contribution in [2.24, 2.45) is 0 Å². The lowest BCUT2D eigenvalue weighted by Gasteiger charge is -2.09. The van der Waals surface area contributed by atoms with E-state index < -0.39 is 5.97 Å². The van der Waals surface area contributed by atoms with Crippen LogP contribution in [0.4, 0.5) is 0 Å². The molecule has 3 rings (SSSR count). The highest BCUT2D eigenvalue weighted by Crippen LogP contribution is 2.40. The molecule has 7 heteroatoms. The summed E-state index contributed by atoms with van der Waals surface area (Å²) in [7, 11) is 0. The summed E-state index contributed by atoms with van der Waals surface area (Å²) in [6.07, 6.45) is 0.748. The fourth-order valence-corrected chi connectivity index (χ4v) is 1.91. The van der Waals surface area contributed by atoms with Gasteiger partial charge in [-0.05, 0) is 6.07 Å². The van der Waals surface area contributed by atoms with E-state index in [4.69, 9.17) is 14.6 Å². The smallest absolute Gasteiger partial charge is 0.374 e. The summed E-state index contributed by atoms with van der Waals surface area (Å²) in [6, 6.07) is 4.21. The van der Waals surface area contributed by atoms with Crippen LogP contribution in [0.15, 0.2) is 22.7 Å². The highest BCUT2D eigenvalue weighted by Gasteiger charge is 2.19. The Labute approximate surface area is 113 Å². The van der Waals surface area contributed by atoms with Crippen LogP contribution < -0.4 is 9.47 Å². The number of phenols is 1. The number of hydrogen-bond acceptors (Lipinski definition) is 6. The van der Waals surface area contributed by atoms with Crippen molar-refractivity contribution in [2.45, 2.75) is 6.42 Å². The molecular weight excluding hydrogens is 266 g/mol. The first-order chi connectivity index (χ1) is 9.65. The van der Waals surface area contributed by atoms with E-state index in [0.717, 1.165) is 6.42 Å². The van der Waals surface area contributed by atoms with Crippen molar-refractivity contribution < 1.29 is 29.0 Å². The molecule has 0 saturated heterocycles. The Bertz CT molecular complexity index is 663. The Morgan fingerprint density at radius 2 is 1.85 bits per heavy atom. The van der Waals surface area contributed by atoms with E-state index in [2.05, 4.69) is 9.68 Å². The molecule has 0 spiro atoms. The van der Waals surface area contributed by atoms with Gasteiger partial charge in [-0.1, -0.05) is 5.16 Å². The van der Waals surface area contributed by atoms with Gasteiger partial charge in [-0.15, -0.1) is 0 Å². The monoisotopic (exact) mass is 277 g/mol. The topological polar surface area (TPSA) is 102 Å². The molecule has 1 aromatic carbocycles. The Hall–Kier alpha value is -2.70. The van der Waals surface area contributed by atoms with Gasteiger partial charge in [-0.25, -0.2) is 4.79 Å². The number of hydrogen-bond donors (Lipinski definition) is 2. The molecule has 0 radical (unpaired) electrons. The molecule has 2 aromatic rings. The second-order valence-electron chi connectivity index (χ2n) is 4.25. The minimum atomic E-state index is -1.22. The number of aromatic carboxylic acids is 1. The number of carboxylic acids is 1. The average molecular weight is 277 g/mol. The number of fused-ring (bicyclic) bond motifs is 1. The van der Waals surface area contributed by atoms with Crippen molar-refractivity contribution >= 4 is 5.97 Å². The van der Waals surface area contributed by atoms with Crippen LogP contribution in [0.3, 0.4) is 0 Å². The number of carboxylic acid groups (broad SMARTS) is 1. The van der Waals surface area contributed by atoms with Gasteiger partial charge in [0.25, 0.3) is 0 Å². The number of ether oxygens (including phenoxy) is 2. The highest BCUT2D eigenvalue weighted by molar-refractivity contribution is 5.86. The first kappa shape index (κ1) is 12.3. The number of rotatable bonds is 2. The molecule has 1 aromatic heterocycles. The molecule has 0 amide bonds. The average Bonchev–Trinajstić information content (AvgIpc) is 2.79. The maximum atomic E-state index is 10.8. The number of aromatic nitrogens is 1. The normalized spacial score (nSPS) is 13.8. The summed E-state index contributed by atoms with van der Waals surface area (Å²) in [5.41, 5.74) is 0.543. The molecule has 1 aliphatic rings. The predicted octanol–water partition coefficient (Wildman–Crippen LogP) is 1.91. The molecule has 2 N–H and O–H groups in total. The maximum Gasteiger partial charge on any atom is 0.374 e. The summed E-state index contributed by atoms with van der Waals surface area (Å²) in [4.78, 5) is 10.8. The van der Waals surface area contributed by atoms with Crippen LogP contribution >= 0.6 is 0 Å². The number of carbonyl (C=O) groups is 1. The highest BCUT2D eigenvalue weighted by atomic mass is 16.5. The molecule has 0 atom stereocenters. The predicted molar refractivity (Wildman–Crippen MR) is 66.2 cm³/mol. The van der Waals surface area contributed by atoms with Crippen LogP contribution in [-0.4, -0.2) is 34.6 Å². The zero-order valence-electron chi connectivity index (χ0n) is 10.3. The molecule has 0 bridgehead atoms. The van der Waals surface area contributed by atoms with Crippen molar-refractivity contribution in [2.75, 3.05) is 13.2 Å².